The van der Waals surface area contributed by atoms with E-state index in [-0.39, 0.29) is 37.4 Å². The number of hydrogen-bond acceptors (Lipinski definition) is 4. The van der Waals surface area contributed by atoms with Crippen LogP contribution in [0.4, 0.5) is 0 Å². The van der Waals surface area contributed by atoms with Crippen LogP contribution in [0.15, 0.2) is 30.3 Å². The van der Waals surface area contributed by atoms with Crippen molar-refractivity contribution in [1.82, 2.24) is 10.2 Å². The van der Waals surface area contributed by atoms with Gasteiger partial charge < -0.3 is 20.1 Å². The van der Waals surface area contributed by atoms with Gasteiger partial charge in [0.15, 0.2) is 6.61 Å². The lowest BCUT2D eigenvalue weighted by Crippen LogP contribution is -2.42. The van der Waals surface area contributed by atoms with Crippen molar-refractivity contribution < 1.29 is 24.2 Å². The molecule has 134 valence electrons. The van der Waals surface area contributed by atoms with E-state index in [1.807, 2.05) is 6.07 Å². The molecule has 1 aliphatic carbocycles. The summed E-state index contributed by atoms with van der Waals surface area (Å²) in [7, 11) is 0. The van der Waals surface area contributed by atoms with Gasteiger partial charge in [0.05, 0.1) is 12.0 Å². The largest absolute Gasteiger partial charge is 0.484 e. The fourth-order valence-electron chi connectivity index (χ4n) is 3.83. The van der Waals surface area contributed by atoms with Gasteiger partial charge in [0.25, 0.3) is 5.91 Å². The predicted molar refractivity (Wildman–Crippen MR) is 88.9 cm³/mol. The van der Waals surface area contributed by atoms with Gasteiger partial charge in [-0.2, -0.15) is 0 Å². The Balaban J connectivity index is 1.45. The number of carboxylic acid groups (broad SMARTS) is 1. The van der Waals surface area contributed by atoms with Crippen molar-refractivity contribution in [1.29, 1.82) is 0 Å². The van der Waals surface area contributed by atoms with E-state index in [0.717, 1.165) is 12.8 Å². The molecule has 7 heteroatoms. The first kappa shape index (κ1) is 17.3. The standard InChI is InChI=1S/C18H22N2O5/c21-15(11-25-14-6-2-1-3-7-14)19-9-16(22)20-10-13-5-4-8-18(13,12-20)17(23)24/h1-3,6-7,13H,4-5,8-12H2,(H,19,21)(H,23,24)/t13-,18+/m0/s1. The van der Waals surface area contributed by atoms with Crippen molar-refractivity contribution >= 4 is 17.8 Å². The predicted octanol–water partition coefficient (Wildman–Crippen LogP) is 0.895. The number of nitrogens with one attached hydrogen (secondary N) is 1. The SMILES string of the molecule is O=C(COc1ccccc1)NCC(=O)N1C[C@@H]2CCC[C@@]2(C(=O)O)C1. The molecule has 0 aromatic heterocycles. The summed E-state index contributed by atoms with van der Waals surface area (Å²) in [6.07, 6.45) is 2.36. The molecule has 1 saturated carbocycles. The number of rotatable bonds is 6. The van der Waals surface area contributed by atoms with Gasteiger partial charge in [-0.05, 0) is 30.9 Å². The van der Waals surface area contributed by atoms with Gasteiger partial charge in [0.2, 0.25) is 5.91 Å². The molecular formula is C18H22N2O5. The maximum absolute atomic E-state index is 12.3. The highest BCUT2D eigenvalue weighted by molar-refractivity contribution is 5.86. The Morgan fingerprint density at radius 3 is 2.72 bits per heavy atom. The Kier molecular flexibility index (Phi) is 4.92. The fourth-order valence-corrected chi connectivity index (χ4v) is 3.83. The Morgan fingerprint density at radius 1 is 1.28 bits per heavy atom. The van der Waals surface area contributed by atoms with Gasteiger partial charge in [-0.1, -0.05) is 24.6 Å². The zero-order chi connectivity index (χ0) is 17.9. The maximum Gasteiger partial charge on any atom is 0.311 e. The van der Waals surface area contributed by atoms with Gasteiger partial charge in [0, 0.05) is 13.1 Å². The quantitative estimate of drug-likeness (QED) is 0.798. The van der Waals surface area contributed by atoms with E-state index >= 15 is 0 Å². The van der Waals surface area contributed by atoms with Crippen LogP contribution in [0.3, 0.4) is 0 Å². The molecule has 0 radical (unpaired) electrons. The third-order valence-corrected chi connectivity index (χ3v) is 5.20. The molecule has 0 spiro atoms. The highest BCUT2D eigenvalue weighted by Crippen LogP contribution is 2.48. The fraction of sp³-hybridized carbons (Fsp3) is 0.500. The Morgan fingerprint density at radius 2 is 2.04 bits per heavy atom. The second-order valence-corrected chi connectivity index (χ2v) is 6.70. The van der Waals surface area contributed by atoms with Crippen molar-refractivity contribution in [2.45, 2.75) is 19.3 Å². The molecule has 0 unspecified atom stereocenters. The smallest absolute Gasteiger partial charge is 0.311 e. The molecule has 1 saturated heterocycles. The van der Waals surface area contributed by atoms with Gasteiger partial charge in [-0.15, -0.1) is 0 Å². The van der Waals surface area contributed by atoms with Gasteiger partial charge in [0.1, 0.15) is 5.75 Å². The van der Waals surface area contributed by atoms with Crippen molar-refractivity contribution in [2.75, 3.05) is 26.2 Å². The van der Waals surface area contributed by atoms with Crippen molar-refractivity contribution in [2.24, 2.45) is 11.3 Å². The molecule has 1 aliphatic heterocycles. The monoisotopic (exact) mass is 346 g/mol. The number of hydrogen-bond donors (Lipinski definition) is 2. The minimum atomic E-state index is -0.814. The number of likely N-dealkylation sites (tertiary alicyclic amines) is 1. The highest BCUT2D eigenvalue weighted by Gasteiger charge is 2.55. The van der Waals surface area contributed by atoms with Crippen LogP contribution in [-0.4, -0.2) is 54.0 Å². The number of carbonyl (C=O) groups is 3. The number of amides is 2. The number of aliphatic carboxylic acids is 1. The molecule has 2 aliphatic rings. The number of fused-ring (bicyclic) bond motifs is 1. The van der Waals surface area contributed by atoms with Crippen molar-refractivity contribution in [3.8, 4) is 5.75 Å². The summed E-state index contributed by atoms with van der Waals surface area (Å²) >= 11 is 0. The van der Waals surface area contributed by atoms with E-state index in [0.29, 0.717) is 18.7 Å². The van der Waals surface area contributed by atoms with Crippen LogP contribution < -0.4 is 10.1 Å². The topological polar surface area (TPSA) is 95.9 Å². The molecule has 1 aromatic rings. The summed E-state index contributed by atoms with van der Waals surface area (Å²) in [4.78, 5) is 37.3. The van der Waals surface area contributed by atoms with Crippen LogP contribution in [0.2, 0.25) is 0 Å². The number of ether oxygens (including phenoxy) is 1. The molecule has 2 fully saturated rings. The molecule has 2 amide bonds. The van der Waals surface area contributed by atoms with Gasteiger partial charge in [-0.25, -0.2) is 0 Å². The average Bonchev–Trinajstić information content (AvgIpc) is 3.17. The number of nitrogens with zero attached hydrogens (tertiary/aromatic N) is 1. The third kappa shape index (κ3) is 3.60. The first-order valence-corrected chi connectivity index (χ1v) is 8.47. The van der Waals surface area contributed by atoms with E-state index in [4.69, 9.17) is 4.74 Å². The zero-order valence-corrected chi connectivity index (χ0v) is 13.9. The zero-order valence-electron chi connectivity index (χ0n) is 13.9. The molecule has 2 atom stereocenters. The summed E-state index contributed by atoms with van der Waals surface area (Å²) in [5.41, 5.74) is -0.796. The maximum atomic E-state index is 12.3. The van der Waals surface area contributed by atoms with E-state index in [1.165, 1.54) is 0 Å². The van der Waals surface area contributed by atoms with E-state index in [9.17, 15) is 19.5 Å². The van der Waals surface area contributed by atoms with Gasteiger partial charge in [-0.3, -0.25) is 14.4 Å². The minimum absolute atomic E-state index is 0.0195. The third-order valence-electron chi connectivity index (χ3n) is 5.20. The molecule has 3 rings (SSSR count). The molecule has 1 aromatic carbocycles. The summed E-state index contributed by atoms with van der Waals surface area (Å²) in [5, 5.41) is 12.1. The number of carbonyl (C=O) groups excluding carboxylic acids is 2. The van der Waals surface area contributed by atoms with Crippen LogP contribution in [0.25, 0.3) is 0 Å². The second kappa shape index (κ2) is 7.13. The average molecular weight is 346 g/mol. The summed E-state index contributed by atoms with van der Waals surface area (Å²) < 4.78 is 5.32. The molecule has 0 bridgehead atoms. The second-order valence-electron chi connectivity index (χ2n) is 6.70. The summed E-state index contributed by atoms with van der Waals surface area (Å²) in [5.74, 6) is -0.843. The van der Waals surface area contributed by atoms with Crippen LogP contribution in [0.5, 0.6) is 5.75 Å². The van der Waals surface area contributed by atoms with Crippen molar-refractivity contribution in [3.05, 3.63) is 30.3 Å². The van der Waals surface area contributed by atoms with Crippen LogP contribution in [0.1, 0.15) is 19.3 Å². The molecule has 2 N–H and O–H groups in total. The van der Waals surface area contributed by atoms with E-state index < -0.39 is 11.4 Å². The van der Waals surface area contributed by atoms with Gasteiger partial charge >= 0.3 is 5.97 Å². The van der Waals surface area contributed by atoms with E-state index in [1.54, 1.807) is 29.2 Å². The first-order valence-electron chi connectivity index (χ1n) is 8.47. The lowest BCUT2D eigenvalue weighted by molar-refractivity contribution is -0.149. The Hall–Kier alpha value is -2.57. The molecule has 25 heavy (non-hydrogen) atoms. The number of carboxylic acids is 1. The van der Waals surface area contributed by atoms with Crippen LogP contribution in [-0.2, 0) is 14.4 Å². The van der Waals surface area contributed by atoms with E-state index in [2.05, 4.69) is 5.32 Å². The van der Waals surface area contributed by atoms with Crippen molar-refractivity contribution in [3.63, 3.8) is 0 Å². The normalized spacial score (nSPS) is 24.6. The summed E-state index contributed by atoms with van der Waals surface area (Å²) in [6, 6.07) is 8.94. The number of para-hydroxylation sites is 1. The first-order chi connectivity index (χ1) is 12.0. The number of benzene rings is 1. The summed E-state index contributed by atoms with van der Waals surface area (Å²) in [6.45, 7) is 0.391. The molecule has 7 nitrogen and oxygen atoms in total. The van der Waals surface area contributed by atoms with Crippen LogP contribution >= 0.6 is 0 Å². The van der Waals surface area contributed by atoms with Crippen LogP contribution in [0, 0.1) is 11.3 Å². The lowest BCUT2D eigenvalue weighted by atomic mass is 9.81. The molecular weight excluding hydrogens is 324 g/mol. The minimum Gasteiger partial charge on any atom is -0.484 e. The Labute approximate surface area is 146 Å². The lowest BCUT2D eigenvalue weighted by Gasteiger charge is -2.23. The molecule has 1 heterocycles. The Bertz CT molecular complexity index is 663. The highest BCUT2D eigenvalue weighted by atomic mass is 16.5.